The van der Waals surface area contributed by atoms with E-state index in [1.165, 1.54) is 0 Å². The number of ether oxygens (including phenoxy) is 1. The lowest BCUT2D eigenvalue weighted by Gasteiger charge is -2.07. The van der Waals surface area contributed by atoms with E-state index in [0.29, 0.717) is 6.61 Å². The van der Waals surface area contributed by atoms with Crippen LogP contribution in [0.2, 0.25) is 0 Å². The minimum Gasteiger partial charge on any atom is -0.487 e. The van der Waals surface area contributed by atoms with Crippen molar-refractivity contribution < 1.29 is 9.84 Å². The maximum Gasteiger partial charge on any atom is 0.130 e. The van der Waals surface area contributed by atoms with Crippen molar-refractivity contribution in [3.8, 4) is 17.6 Å². The molecule has 0 saturated heterocycles. The van der Waals surface area contributed by atoms with Crippen LogP contribution in [0.25, 0.3) is 0 Å². The molecule has 0 atom stereocenters. The Kier molecular flexibility index (Phi) is 5.42. The van der Waals surface area contributed by atoms with Gasteiger partial charge in [0.1, 0.15) is 19.0 Å². The van der Waals surface area contributed by atoms with Crippen molar-refractivity contribution in [2.45, 2.75) is 33.4 Å². The highest BCUT2D eigenvalue weighted by Gasteiger charge is 2.06. The first-order valence-corrected chi connectivity index (χ1v) is 7.15. The molecule has 0 bridgehead atoms. The molecule has 4 nitrogen and oxygen atoms in total. The van der Waals surface area contributed by atoms with Crippen LogP contribution in [0.3, 0.4) is 0 Å². The van der Waals surface area contributed by atoms with Crippen LogP contribution in [0.15, 0.2) is 30.3 Å². The first-order valence-electron chi connectivity index (χ1n) is 7.15. The van der Waals surface area contributed by atoms with Crippen LogP contribution in [0.5, 0.6) is 5.75 Å². The van der Waals surface area contributed by atoms with Gasteiger partial charge in [-0.15, -0.1) is 0 Å². The fraction of sp³-hybridized carbons (Fsp3) is 0.353. The number of aliphatic hydroxyl groups excluding tert-OH is 1. The van der Waals surface area contributed by atoms with Crippen molar-refractivity contribution >= 4 is 0 Å². The number of aryl methyl sites for hydroxylation is 2. The molecule has 0 radical (unpaired) electrons. The summed E-state index contributed by atoms with van der Waals surface area (Å²) in [5.74, 6) is 6.27. The highest BCUT2D eigenvalue weighted by molar-refractivity contribution is 5.39. The van der Waals surface area contributed by atoms with E-state index in [4.69, 9.17) is 9.84 Å². The van der Waals surface area contributed by atoms with Crippen LogP contribution in [0.4, 0.5) is 0 Å². The number of aromatic nitrogens is 2. The van der Waals surface area contributed by atoms with Crippen molar-refractivity contribution in [2.75, 3.05) is 6.61 Å². The van der Waals surface area contributed by atoms with Crippen LogP contribution in [-0.2, 0) is 19.6 Å². The van der Waals surface area contributed by atoms with Crippen LogP contribution in [0.1, 0.15) is 30.8 Å². The Morgan fingerprint density at radius 1 is 1.29 bits per heavy atom. The molecule has 0 fully saturated rings. The molecule has 0 unspecified atom stereocenters. The van der Waals surface area contributed by atoms with E-state index in [-0.39, 0.29) is 6.61 Å². The number of rotatable bonds is 5. The average molecular weight is 284 g/mol. The Labute approximate surface area is 125 Å². The first kappa shape index (κ1) is 15.1. The van der Waals surface area contributed by atoms with Gasteiger partial charge in [0.25, 0.3) is 0 Å². The van der Waals surface area contributed by atoms with Crippen molar-refractivity contribution in [3.05, 3.63) is 47.3 Å². The van der Waals surface area contributed by atoms with Gasteiger partial charge in [0, 0.05) is 12.1 Å². The van der Waals surface area contributed by atoms with Crippen molar-refractivity contribution in [1.29, 1.82) is 0 Å². The van der Waals surface area contributed by atoms with Crippen molar-refractivity contribution in [1.82, 2.24) is 9.78 Å². The standard InChI is InChI=1S/C17H20N2O2/c1-3-15-12-16(19(4-2)18-15)13-21-17-9-5-7-14(11-17)8-6-10-20/h5,7,9,11-12,20H,3-4,10,13H2,1-2H3. The van der Waals surface area contributed by atoms with Gasteiger partial charge in [-0.2, -0.15) is 5.10 Å². The average Bonchev–Trinajstić information content (AvgIpc) is 2.94. The number of benzene rings is 1. The molecule has 0 aliphatic rings. The second-order valence-electron chi connectivity index (χ2n) is 4.57. The van der Waals surface area contributed by atoms with Gasteiger partial charge in [-0.25, -0.2) is 0 Å². The maximum absolute atomic E-state index is 8.72. The van der Waals surface area contributed by atoms with E-state index >= 15 is 0 Å². The zero-order valence-corrected chi connectivity index (χ0v) is 12.5. The van der Waals surface area contributed by atoms with Crippen LogP contribution >= 0.6 is 0 Å². The zero-order chi connectivity index (χ0) is 15.1. The predicted molar refractivity (Wildman–Crippen MR) is 82.0 cm³/mol. The Balaban J connectivity index is 2.07. The summed E-state index contributed by atoms with van der Waals surface area (Å²) in [6, 6.07) is 9.64. The van der Waals surface area contributed by atoms with E-state index in [1.807, 2.05) is 28.9 Å². The second-order valence-corrected chi connectivity index (χ2v) is 4.57. The topological polar surface area (TPSA) is 47.3 Å². The molecule has 4 heteroatoms. The summed E-state index contributed by atoms with van der Waals surface area (Å²) in [6.45, 7) is 5.34. The Hall–Kier alpha value is -2.25. The monoisotopic (exact) mass is 284 g/mol. The van der Waals surface area contributed by atoms with Gasteiger partial charge < -0.3 is 9.84 Å². The van der Waals surface area contributed by atoms with Gasteiger partial charge in [0.05, 0.1) is 11.4 Å². The van der Waals surface area contributed by atoms with E-state index in [1.54, 1.807) is 0 Å². The minimum atomic E-state index is -0.138. The fourth-order valence-corrected chi connectivity index (χ4v) is 2.04. The van der Waals surface area contributed by atoms with Gasteiger partial charge in [-0.05, 0) is 37.6 Å². The fourth-order valence-electron chi connectivity index (χ4n) is 2.04. The molecular weight excluding hydrogens is 264 g/mol. The lowest BCUT2D eigenvalue weighted by molar-refractivity contribution is 0.292. The summed E-state index contributed by atoms with van der Waals surface area (Å²) < 4.78 is 7.79. The van der Waals surface area contributed by atoms with Crippen LogP contribution in [-0.4, -0.2) is 21.5 Å². The summed E-state index contributed by atoms with van der Waals surface area (Å²) in [5, 5.41) is 13.2. The molecule has 110 valence electrons. The Morgan fingerprint density at radius 2 is 2.14 bits per heavy atom. The number of nitrogens with zero attached hydrogens (tertiary/aromatic N) is 2. The maximum atomic E-state index is 8.72. The lowest BCUT2D eigenvalue weighted by atomic mass is 10.2. The van der Waals surface area contributed by atoms with Gasteiger partial charge in [-0.1, -0.05) is 24.8 Å². The number of aliphatic hydroxyl groups is 1. The lowest BCUT2D eigenvalue weighted by Crippen LogP contribution is -2.06. The van der Waals surface area contributed by atoms with E-state index in [0.717, 1.165) is 35.7 Å². The van der Waals surface area contributed by atoms with Gasteiger partial charge in [0.2, 0.25) is 0 Å². The normalized spacial score (nSPS) is 10.0. The van der Waals surface area contributed by atoms with Crippen LogP contribution < -0.4 is 4.74 Å². The second kappa shape index (κ2) is 7.51. The summed E-state index contributed by atoms with van der Waals surface area (Å²) >= 11 is 0. The third kappa shape index (κ3) is 4.11. The quantitative estimate of drug-likeness (QED) is 0.858. The molecule has 2 aromatic rings. The molecule has 1 aromatic heterocycles. The SMILES string of the molecule is CCc1cc(COc2cccc(C#CCO)c2)n(CC)n1. The highest BCUT2D eigenvalue weighted by Crippen LogP contribution is 2.15. The summed E-state index contributed by atoms with van der Waals surface area (Å²) in [6.07, 6.45) is 0.923. The molecule has 0 saturated carbocycles. The molecular formula is C17H20N2O2. The third-order valence-corrected chi connectivity index (χ3v) is 3.11. The van der Waals surface area contributed by atoms with E-state index < -0.39 is 0 Å². The first-order chi connectivity index (χ1) is 10.3. The molecule has 0 aliphatic heterocycles. The van der Waals surface area contributed by atoms with Crippen molar-refractivity contribution in [3.63, 3.8) is 0 Å². The predicted octanol–water partition coefficient (Wildman–Crippen LogP) is 2.39. The highest BCUT2D eigenvalue weighted by atomic mass is 16.5. The zero-order valence-electron chi connectivity index (χ0n) is 12.5. The molecule has 0 aliphatic carbocycles. The summed E-state index contributed by atoms with van der Waals surface area (Å²) in [5.41, 5.74) is 2.99. The molecule has 2 rings (SSSR count). The smallest absolute Gasteiger partial charge is 0.130 e. The van der Waals surface area contributed by atoms with E-state index in [2.05, 4.69) is 36.9 Å². The van der Waals surface area contributed by atoms with E-state index in [9.17, 15) is 0 Å². The Morgan fingerprint density at radius 3 is 2.86 bits per heavy atom. The molecule has 0 amide bonds. The molecule has 21 heavy (non-hydrogen) atoms. The molecule has 1 aromatic carbocycles. The van der Waals surface area contributed by atoms with Crippen molar-refractivity contribution in [2.24, 2.45) is 0 Å². The van der Waals surface area contributed by atoms with Gasteiger partial charge >= 0.3 is 0 Å². The molecule has 0 spiro atoms. The summed E-state index contributed by atoms with van der Waals surface area (Å²) in [7, 11) is 0. The summed E-state index contributed by atoms with van der Waals surface area (Å²) in [4.78, 5) is 0. The molecule has 1 heterocycles. The number of hydrogen-bond donors (Lipinski definition) is 1. The third-order valence-electron chi connectivity index (χ3n) is 3.11. The van der Waals surface area contributed by atoms with Gasteiger partial charge in [0.15, 0.2) is 0 Å². The largest absolute Gasteiger partial charge is 0.487 e. The minimum absolute atomic E-state index is 0.138. The number of hydrogen-bond acceptors (Lipinski definition) is 3. The molecule has 1 N–H and O–H groups in total. The van der Waals surface area contributed by atoms with Crippen LogP contribution in [0, 0.1) is 11.8 Å². The van der Waals surface area contributed by atoms with Gasteiger partial charge in [-0.3, -0.25) is 4.68 Å². The Bertz CT molecular complexity index is 650.